The zero-order valence-electron chi connectivity index (χ0n) is 8.29. The summed E-state index contributed by atoms with van der Waals surface area (Å²) in [6.45, 7) is 1.89. The fourth-order valence-electron chi connectivity index (χ4n) is 1.29. The van der Waals surface area contributed by atoms with Crippen molar-refractivity contribution in [3.05, 3.63) is 11.6 Å². The van der Waals surface area contributed by atoms with Crippen LogP contribution in [0.25, 0.3) is 0 Å². The normalized spacial score (nSPS) is 21.0. The third kappa shape index (κ3) is 2.85. The molecule has 14 heavy (non-hydrogen) atoms. The van der Waals surface area contributed by atoms with Gasteiger partial charge >= 0.3 is 5.97 Å². The zero-order valence-corrected chi connectivity index (χ0v) is 8.29. The molecule has 1 rings (SSSR count). The Balaban J connectivity index is 2.47. The Bertz CT molecular complexity index is 273. The van der Waals surface area contributed by atoms with Crippen molar-refractivity contribution in [3.8, 4) is 0 Å². The average Bonchev–Trinajstić information content (AvgIpc) is 2.17. The Morgan fingerprint density at radius 2 is 2.36 bits per heavy atom. The number of esters is 1. The second-order valence-electron chi connectivity index (χ2n) is 3.09. The number of methoxy groups -OCH3 is 1. The molecule has 0 spiro atoms. The molecule has 2 N–H and O–H groups in total. The van der Waals surface area contributed by atoms with Gasteiger partial charge in [-0.25, -0.2) is 4.79 Å². The summed E-state index contributed by atoms with van der Waals surface area (Å²) in [5.41, 5.74) is 0.606. The predicted octanol–water partition coefficient (Wildman–Crippen LogP) is -0.459. The van der Waals surface area contributed by atoms with Gasteiger partial charge in [0.05, 0.1) is 13.3 Å². The topological polar surface area (TPSA) is 67.4 Å². The van der Waals surface area contributed by atoms with Crippen molar-refractivity contribution >= 4 is 11.9 Å². The molecule has 0 aliphatic carbocycles. The van der Waals surface area contributed by atoms with Crippen LogP contribution in [0, 0.1) is 0 Å². The van der Waals surface area contributed by atoms with Crippen LogP contribution in [0.3, 0.4) is 0 Å². The lowest BCUT2D eigenvalue weighted by atomic mass is 10.1. The monoisotopic (exact) mass is 198 g/mol. The number of rotatable bonds is 2. The van der Waals surface area contributed by atoms with Crippen LogP contribution in [-0.4, -0.2) is 31.7 Å². The number of nitrogens with one attached hydrogen (secondary N) is 2. The lowest BCUT2D eigenvalue weighted by Gasteiger charge is -2.22. The average molecular weight is 198 g/mol. The molecule has 0 saturated heterocycles. The van der Waals surface area contributed by atoms with Gasteiger partial charge in [-0.15, -0.1) is 0 Å². The van der Waals surface area contributed by atoms with Crippen LogP contribution < -0.4 is 10.6 Å². The van der Waals surface area contributed by atoms with Gasteiger partial charge in [0, 0.05) is 19.0 Å². The quantitative estimate of drug-likeness (QED) is 0.589. The first-order chi connectivity index (χ1) is 6.63. The molecular weight excluding hydrogens is 184 g/mol. The summed E-state index contributed by atoms with van der Waals surface area (Å²) in [4.78, 5) is 21.8. The molecule has 0 radical (unpaired) electrons. The first-order valence-electron chi connectivity index (χ1n) is 4.41. The molecule has 0 unspecified atom stereocenters. The van der Waals surface area contributed by atoms with Gasteiger partial charge in [0.2, 0.25) is 5.91 Å². The number of carbonyl (C=O) groups is 2. The van der Waals surface area contributed by atoms with Crippen LogP contribution in [0.15, 0.2) is 11.6 Å². The molecule has 0 fully saturated rings. The van der Waals surface area contributed by atoms with Gasteiger partial charge < -0.3 is 10.1 Å². The second-order valence-corrected chi connectivity index (χ2v) is 3.09. The van der Waals surface area contributed by atoms with Crippen molar-refractivity contribution in [2.45, 2.75) is 19.5 Å². The highest BCUT2D eigenvalue weighted by Gasteiger charge is 2.18. The minimum absolute atomic E-state index is 0.0825. The first kappa shape index (κ1) is 10.7. The number of hydrogen-bond acceptors (Lipinski definition) is 4. The molecule has 0 aromatic rings. The molecule has 0 bridgehead atoms. The minimum atomic E-state index is -0.321. The summed E-state index contributed by atoms with van der Waals surface area (Å²) in [5, 5.41) is 5.73. The molecule has 0 saturated carbocycles. The van der Waals surface area contributed by atoms with Crippen molar-refractivity contribution < 1.29 is 14.3 Å². The molecular formula is C9H14N2O3. The van der Waals surface area contributed by atoms with Gasteiger partial charge in [-0.2, -0.15) is 0 Å². The van der Waals surface area contributed by atoms with E-state index in [0.717, 1.165) is 0 Å². The van der Waals surface area contributed by atoms with E-state index in [9.17, 15) is 9.59 Å². The van der Waals surface area contributed by atoms with Gasteiger partial charge in [-0.1, -0.05) is 6.08 Å². The van der Waals surface area contributed by atoms with E-state index in [1.54, 1.807) is 6.08 Å². The fourth-order valence-corrected chi connectivity index (χ4v) is 1.29. The van der Waals surface area contributed by atoms with E-state index in [2.05, 4.69) is 15.4 Å². The van der Waals surface area contributed by atoms with Crippen LogP contribution >= 0.6 is 0 Å². The van der Waals surface area contributed by atoms with Gasteiger partial charge in [0.25, 0.3) is 0 Å². The lowest BCUT2D eigenvalue weighted by molar-refractivity contribution is -0.136. The summed E-state index contributed by atoms with van der Waals surface area (Å²) in [5.74, 6) is -0.406. The van der Waals surface area contributed by atoms with E-state index >= 15 is 0 Å². The standard InChI is InChI=1S/C9H14N2O3/c1-6(12)11-8-4-3-7(5-10-8)9(13)14-2/h3,8,10H,4-5H2,1-2H3,(H,11,12)/t8-/m1/s1. The second kappa shape index (κ2) is 4.76. The van der Waals surface area contributed by atoms with Crippen LogP contribution in [0.5, 0.6) is 0 Å². The van der Waals surface area contributed by atoms with E-state index in [1.165, 1.54) is 14.0 Å². The van der Waals surface area contributed by atoms with Crippen LogP contribution in [0.1, 0.15) is 13.3 Å². The number of ether oxygens (including phenoxy) is 1. The van der Waals surface area contributed by atoms with Gasteiger partial charge in [-0.3, -0.25) is 10.1 Å². The smallest absolute Gasteiger partial charge is 0.334 e. The third-order valence-electron chi connectivity index (χ3n) is 1.96. The van der Waals surface area contributed by atoms with E-state index < -0.39 is 0 Å². The molecule has 78 valence electrons. The zero-order chi connectivity index (χ0) is 10.6. The Morgan fingerprint density at radius 3 is 2.79 bits per heavy atom. The Kier molecular flexibility index (Phi) is 3.64. The lowest BCUT2D eigenvalue weighted by Crippen LogP contribution is -2.47. The van der Waals surface area contributed by atoms with Crippen molar-refractivity contribution in [1.29, 1.82) is 0 Å². The third-order valence-corrected chi connectivity index (χ3v) is 1.96. The summed E-state index contributed by atoms with van der Waals surface area (Å²) in [7, 11) is 1.35. The molecule has 1 aliphatic heterocycles. The fraction of sp³-hybridized carbons (Fsp3) is 0.556. The van der Waals surface area contributed by atoms with Gasteiger partial charge in [0.15, 0.2) is 0 Å². The molecule has 1 aliphatic rings. The highest BCUT2D eigenvalue weighted by atomic mass is 16.5. The van der Waals surface area contributed by atoms with E-state index in [1.807, 2.05) is 0 Å². The molecule has 5 nitrogen and oxygen atoms in total. The molecule has 0 aromatic heterocycles. The molecule has 5 heteroatoms. The maximum absolute atomic E-state index is 11.1. The Morgan fingerprint density at radius 1 is 1.64 bits per heavy atom. The summed E-state index contributed by atoms with van der Waals surface area (Å²) in [6.07, 6.45) is 2.30. The first-order valence-corrected chi connectivity index (χ1v) is 4.41. The number of carbonyl (C=O) groups excluding carboxylic acids is 2. The van der Waals surface area contributed by atoms with E-state index in [-0.39, 0.29) is 18.0 Å². The van der Waals surface area contributed by atoms with Crippen LogP contribution in [0.4, 0.5) is 0 Å². The predicted molar refractivity (Wildman–Crippen MR) is 50.3 cm³/mol. The maximum atomic E-state index is 11.1. The SMILES string of the molecule is COC(=O)C1=CC[C@@H](NC(C)=O)NC1. The largest absolute Gasteiger partial charge is 0.466 e. The van der Waals surface area contributed by atoms with Crippen LogP contribution in [-0.2, 0) is 14.3 Å². The van der Waals surface area contributed by atoms with Gasteiger partial charge in [-0.05, 0) is 6.42 Å². The van der Waals surface area contributed by atoms with Crippen LogP contribution in [0.2, 0.25) is 0 Å². The summed E-state index contributed by atoms with van der Waals surface area (Å²) in [6, 6.07) is 0. The van der Waals surface area contributed by atoms with Crippen molar-refractivity contribution in [1.82, 2.24) is 10.6 Å². The molecule has 1 amide bonds. The van der Waals surface area contributed by atoms with E-state index in [0.29, 0.717) is 18.5 Å². The van der Waals surface area contributed by atoms with Gasteiger partial charge in [0.1, 0.15) is 0 Å². The highest BCUT2D eigenvalue weighted by molar-refractivity contribution is 5.89. The summed E-state index contributed by atoms with van der Waals surface area (Å²) < 4.78 is 4.57. The minimum Gasteiger partial charge on any atom is -0.466 e. The van der Waals surface area contributed by atoms with Crippen molar-refractivity contribution in [2.75, 3.05) is 13.7 Å². The molecule has 1 heterocycles. The molecule has 0 aromatic carbocycles. The molecule has 1 atom stereocenters. The van der Waals surface area contributed by atoms with Crippen molar-refractivity contribution in [2.24, 2.45) is 0 Å². The Labute approximate surface area is 82.5 Å². The maximum Gasteiger partial charge on any atom is 0.334 e. The van der Waals surface area contributed by atoms with Crippen molar-refractivity contribution in [3.63, 3.8) is 0 Å². The van der Waals surface area contributed by atoms with E-state index in [4.69, 9.17) is 0 Å². The number of amides is 1. The number of hydrogen-bond donors (Lipinski definition) is 2. The highest BCUT2D eigenvalue weighted by Crippen LogP contribution is 2.06. The Hall–Kier alpha value is -1.36. The summed E-state index contributed by atoms with van der Waals surface area (Å²) >= 11 is 0.